The summed E-state index contributed by atoms with van der Waals surface area (Å²) >= 11 is 3.56. The van der Waals surface area contributed by atoms with Gasteiger partial charge in [0.15, 0.2) is 0 Å². The molecule has 0 spiro atoms. The maximum Gasteiger partial charge on any atom is 0.0207 e. The minimum atomic E-state index is 0.174. The fourth-order valence-electron chi connectivity index (χ4n) is 1.91. The summed E-state index contributed by atoms with van der Waals surface area (Å²) in [5, 5.41) is 0. The first-order valence-electron chi connectivity index (χ1n) is 5.55. The number of hydrogen-bond donors (Lipinski definition) is 1. The Bertz CT molecular complexity index is 380. The van der Waals surface area contributed by atoms with Gasteiger partial charge in [-0.05, 0) is 62.3 Å². The van der Waals surface area contributed by atoms with E-state index in [9.17, 15) is 0 Å². The second kappa shape index (κ2) is 3.91. The number of hydrogen-bond acceptors (Lipinski definition) is 1. The van der Waals surface area contributed by atoms with E-state index in [-0.39, 0.29) is 5.54 Å². The molecule has 0 aromatic heterocycles. The molecule has 1 aromatic rings. The third-order valence-electron chi connectivity index (χ3n) is 3.62. The first-order valence-corrected chi connectivity index (χ1v) is 6.35. The van der Waals surface area contributed by atoms with Gasteiger partial charge in [-0.3, -0.25) is 0 Å². The van der Waals surface area contributed by atoms with Gasteiger partial charge in [-0.25, -0.2) is 0 Å². The molecule has 1 fully saturated rings. The number of halogens is 1. The van der Waals surface area contributed by atoms with Gasteiger partial charge in [0.25, 0.3) is 0 Å². The zero-order chi connectivity index (χ0) is 11.1. The molecule has 1 saturated carbocycles. The first kappa shape index (κ1) is 11.2. The lowest BCUT2D eigenvalue weighted by Crippen LogP contribution is -2.22. The lowest BCUT2D eigenvalue weighted by Gasteiger charge is -2.13. The quantitative estimate of drug-likeness (QED) is 0.892. The summed E-state index contributed by atoms with van der Waals surface area (Å²) in [5.74, 6) is 0. The second-order valence-corrected chi connectivity index (χ2v) is 5.67. The van der Waals surface area contributed by atoms with Gasteiger partial charge in [0.05, 0.1) is 0 Å². The van der Waals surface area contributed by atoms with Crippen LogP contribution in [0.15, 0.2) is 16.6 Å². The van der Waals surface area contributed by atoms with Gasteiger partial charge < -0.3 is 5.73 Å². The molecular weight excluding hydrogens is 250 g/mol. The van der Waals surface area contributed by atoms with Crippen LogP contribution in [0.2, 0.25) is 0 Å². The summed E-state index contributed by atoms with van der Waals surface area (Å²) in [6.07, 6.45) is 4.68. The van der Waals surface area contributed by atoms with E-state index < -0.39 is 0 Å². The van der Waals surface area contributed by atoms with Crippen LogP contribution in [-0.2, 0) is 6.42 Å². The van der Waals surface area contributed by atoms with Gasteiger partial charge in [0, 0.05) is 10.0 Å². The van der Waals surface area contributed by atoms with Crippen LogP contribution in [0.5, 0.6) is 0 Å². The molecule has 2 rings (SSSR count). The minimum Gasteiger partial charge on any atom is -0.325 e. The van der Waals surface area contributed by atoms with Crippen molar-refractivity contribution in [3.8, 4) is 0 Å². The topological polar surface area (TPSA) is 26.0 Å². The zero-order valence-electron chi connectivity index (χ0n) is 9.44. The van der Waals surface area contributed by atoms with E-state index in [1.54, 1.807) is 0 Å². The van der Waals surface area contributed by atoms with Crippen LogP contribution in [-0.4, -0.2) is 5.54 Å². The normalized spacial score (nSPS) is 17.9. The van der Waals surface area contributed by atoms with Crippen molar-refractivity contribution in [3.05, 3.63) is 33.3 Å². The summed E-state index contributed by atoms with van der Waals surface area (Å²) in [7, 11) is 0. The van der Waals surface area contributed by atoms with Crippen molar-refractivity contribution in [1.82, 2.24) is 0 Å². The number of rotatable bonds is 3. The fraction of sp³-hybridized carbons (Fsp3) is 0.538. The highest BCUT2D eigenvalue weighted by atomic mass is 79.9. The molecule has 0 aliphatic heterocycles. The number of aryl methyl sites for hydroxylation is 1. The van der Waals surface area contributed by atoms with Gasteiger partial charge in [-0.1, -0.05) is 22.0 Å². The van der Waals surface area contributed by atoms with Crippen LogP contribution in [0.1, 0.15) is 36.0 Å². The molecule has 15 heavy (non-hydrogen) atoms. The molecule has 1 nitrogen and oxygen atoms in total. The molecule has 2 heteroatoms. The van der Waals surface area contributed by atoms with Crippen LogP contribution in [0.4, 0.5) is 0 Å². The van der Waals surface area contributed by atoms with Crippen molar-refractivity contribution in [2.75, 3.05) is 0 Å². The molecule has 82 valence electrons. The van der Waals surface area contributed by atoms with Crippen molar-refractivity contribution >= 4 is 15.9 Å². The molecule has 0 atom stereocenters. The second-order valence-electron chi connectivity index (χ2n) is 4.82. The molecule has 0 amide bonds. The zero-order valence-corrected chi connectivity index (χ0v) is 11.0. The Hall–Kier alpha value is -0.340. The average Bonchev–Trinajstić information content (AvgIpc) is 2.93. The van der Waals surface area contributed by atoms with Crippen molar-refractivity contribution in [2.24, 2.45) is 5.73 Å². The van der Waals surface area contributed by atoms with E-state index >= 15 is 0 Å². The summed E-state index contributed by atoms with van der Waals surface area (Å²) in [5.41, 5.74) is 10.5. The first-order chi connectivity index (χ1) is 7.02. The standard InChI is InChI=1S/C13H18BrN/c1-9-10(2)12(14)4-3-11(9)5-6-13(15)7-8-13/h3-4H,5-8,15H2,1-2H3. The van der Waals surface area contributed by atoms with Gasteiger partial charge >= 0.3 is 0 Å². The molecule has 1 aliphatic rings. The molecule has 1 aromatic carbocycles. The fourth-order valence-corrected chi connectivity index (χ4v) is 2.34. The van der Waals surface area contributed by atoms with Crippen LogP contribution < -0.4 is 5.73 Å². The Labute approximate surface area is 100 Å². The van der Waals surface area contributed by atoms with E-state index in [4.69, 9.17) is 5.73 Å². The summed E-state index contributed by atoms with van der Waals surface area (Å²) < 4.78 is 1.21. The Morgan fingerprint density at radius 3 is 2.53 bits per heavy atom. The van der Waals surface area contributed by atoms with Crippen molar-refractivity contribution in [3.63, 3.8) is 0 Å². The Morgan fingerprint density at radius 1 is 1.27 bits per heavy atom. The van der Waals surface area contributed by atoms with E-state index in [0.29, 0.717) is 0 Å². The van der Waals surface area contributed by atoms with Crippen molar-refractivity contribution in [2.45, 2.75) is 45.1 Å². The van der Waals surface area contributed by atoms with Gasteiger partial charge in [0.1, 0.15) is 0 Å². The molecule has 0 unspecified atom stereocenters. The predicted octanol–water partition coefficient (Wildman–Crippen LogP) is 3.49. The minimum absolute atomic E-state index is 0.174. The summed E-state index contributed by atoms with van der Waals surface area (Å²) in [6.45, 7) is 4.36. The Kier molecular flexibility index (Phi) is 2.91. The smallest absolute Gasteiger partial charge is 0.0207 e. The molecule has 0 bridgehead atoms. The molecule has 0 heterocycles. The molecule has 1 aliphatic carbocycles. The molecular formula is C13H18BrN. The number of nitrogens with two attached hydrogens (primary N) is 1. The highest BCUT2D eigenvalue weighted by molar-refractivity contribution is 9.10. The van der Waals surface area contributed by atoms with Crippen LogP contribution in [0, 0.1) is 13.8 Å². The van der Waals surface area contributed by atoms with E-state index in [1.807, 2.05) is 0 Å². The Balaban J connectivity index is 2.11. The third-order valence-corrected chi connectivity index (χ3v) is 4.48. The third kappa shape index (κ3) is 2.43. The number of benzene rings is 1. The monoisotopic (exact) mass is 267 g/mol. The van der Waals surface area contributed by atoms with Gasteiger partial charge in [0.2, 0.25) is 0 Å². The summed E-state index contributed by atoms with van der Waals surface area (Å²) in [6, 6.07) is 4.37. The Morgan fingerprint density at radius 2 is 1.93 bits per heavy atom. The van der Waals surface area contributed by atoms with Crippen LogP contribution >= 0.6 is 15.9 Å². The van der Waals surface area contributed by atoms with Crippen LogP contribution in [0.25, 0.3) is 0 Å². The largest absolute Gasteiger partial charge is 0.325 e. The van der Waals surface area contributed by atoms with Crippen molar-refractivity contribution in [1.29, 1.82) is 0 Å². The highest BCUT2D eigenvalue weighted by Crippen LogP contribution is 2.37. The highest BCUT2D eigenvalue weighted by Gasteiger charge is 2.37. The van der Waals surface area contributed by atoms with E-state index in [1.165, 1.54) is 34.0 Å². The predicted molar refractivity (Wildman–Crippen MR) is 68.1 cm³/mol. The van der Waals surface area contributed by atoms with E-state index in [0.717, 1.165) is 12.8 Å². The van der Waals surface area contributed by atoms with Gasteiger partial charge in [-0.2, -0.15) is 0 Å². The molecule has 2 N–H and O–H groups in total. The molecule has 0 radical (unpaired) electrons. The van der Waals surface area contributed by atoms with E-state index in [2.05, 4.69) is 41.9 Å². The van der Waals surface area contributed by atoms with Crippen LogP contribution in [0.3, 0.4) is 0 Å². The summed E-state index contributed by atoms with van der Waals surface area (Å²) in [4.78, 5) is 0. The molecule has 0 saturated heterocycles. The lowest BCUT2D eigenvalue weighted by molar-refractivity contribution is 0.608. The maximum absolute atomic E-state index is 6.10. The van der Waals surface area contributed by atoms with Crippen molar-refractivity contribution < 1.29 is 0 Å². The van der Waals surface area contributed by atoms with Gasteiger partial charge in [-0.15, -0.1) is 0 Å². The average molecular weight is 268 g/mol. The maximum atomic E-state index is 6.10. The SMILES string of the molecule is Cc1c(Br)ccc(CCC2(N)CC2)c1C. The lowest BCUT2D eigenvalue weighted by atomic mass is 9.97.